The molecule has 1 rings (SSSR count). The van der Waals surface area contributed by atoms with E-state index in [1.807, 2.05) is 0 Å². The van der Waals surface area contributed by atoms with Gasteiger partial charge in [-0.1, -0.05) is 55.4 Å². The van der Waals surface area contributed by atoms with Crippen molar-refractivity contribution in [2.45, 2.75) is 85.0 Å². The third-order valence-electron chi connectivity index (χ3n) is 4.14. The Morgan fingerprint density at radius 2 is 1.56 bits per heavy atom. The van der Waals surface area contributed by atoms with Crippen molar-refractivity contribution >= 4 is 0 Å². The molecule has 1 aromatic rings. The summed E-state index contributed by atoms with van der Waals surface area (Å²) >= 11 is 0. The normalized spacial score (nSPS) is 13.4. The number of H-pyrrole nitrogens is 1. The van der Waals surface area contributed by atoms with Crippen LogP contribution in [-0.4, -0.2) is 9.97 Å². The quantitative estimate of drug-likeness (QED) is 0.808. The average Bonchev–Trinajstić information content (AvgIpc) is 2.73. The predicted molar refractivity (Wildman–Crippen MR) is 79.3 cm³/mol. The van der Waals surface area contributed by atoms with Crippen molar-refractivity contribution < 1.29 is 0 Å². The second kappa shape index (κ2) is 5.07. The Kier molecular flexibility index (Phi) is 4.30. The zero-order valence-electron chi connectivity index (χ0n) is 13.4. The highest BCUT2D eigenvalue weighted by atomic mass is 15.0. The number of aromatic nitrogens is 2. The summed E-state index contributed by atoms with van der Waals surface area (Å²) in [5, 5.41) is 0. The first-order chi connectivity index (χ1) is 8.15. The molecule has 0 aliphatic carbocycles. The number of aromatic amines is 1. The largest absolute Gasteiger partial charge is 0.345 e. The van der Waals surface area contributed by atoms with Crippen LogP contribution < -0.4 is 0 Å². The smallest absolute Gasteiger partial charge is 0.109 e. The lowest BCUT2D eigenvalue weighted by molar-refractivity contribution is 0.411. The topological polar surface area (TPSA) is 28.7 Å². The standard InChI is InChI=1S/C16H30N2/c1-9-16(8,10-2)13-12(15(5,6)7)17-14(18-13)11(3)4/h11H,9-10H2,1-8H3,(H,17,18). The molecule has 0 fully saturated rings. The summed E-state index contributed by atoms with van der Waals surface area (Å²) in [5.74, 6) is 1.58. The fourth-order valence-electron chi connectivity index (χ4n) is 2.25. The number of hydrogen-bond acceptors (Lipinski definition) is 1. The van der Waals surface area contributed by atoms with Gasteiger partial charge in [0.1, 0.15) is 5.82 Å². The molecule has 0 bridgehead atoms. The van der Waals surface area contributed by atoms with Crippen LogP contribution in [0.1, 0.15) is 91.4 Å². The van der Waals surface area contributed by atoms with E-state index in [9.17, 15) is 0 Å². The molecular weight excluding hydrogens is 220 g/mol. The molecular formula is C16H30N2. The highest BCUT2D eigenvalue weighted by Gasteiger charge is 2.33. The number of rotatable bonds is 4. The van der Waals surface area contributed by atoms with E-state index in [0.29, 0.717) is 5.92 Å². The van der Waals surface area contributed by atoms with Crippen molar-refractivity contribution in [3.05, 3.63) is 17.2 Å². The van der Waals surface area contributed by atoms with Crippen molar-refractivity contribution in [2.24, 2.45) is 0 Å². The van der Waals surface area contributed by atoms with E-state index in [1.54, 1.807) is 0 Å². The van der Waals surface area contributed by atoms with Gasteiger partial charge in [0.2, 0.25) is 0 Å². The highest BCUT2D eigenvalue weighted by molar-refractivity contribution is 5.29. The molecule has 2 heteroatoms. The van der Waals surface area contributed by atoms with Crippen LogP contribution in [0.25, 0.3) is 0 Å². The van der Waals surface area contributed by atoms with Gasteiger partial charge in [-0.2, -0.15) is 0 Å². The van der Waals surface area contributed by atoms with Crippen molar-refractivity contribution in [1.82, 2.24) is 9.97 Å². The summed E-state index contributed by atoms with van der Waals surface area (Å²) in [7, 11) is 0. The summed E-state index contributed by atoms with van der Waals surface area (Å²) in [6.07, 6.45) is 2.29. The number of nitrogens with zero attached hydrogens (tertiary/aromatic N) is 1. The minimum atomic E-state index is 0.102. The van der Waals surface area contributed by atoms with Gasteiger partial charge in [0, 0.05) is 22.4 Å². The van der Waals surface area contributed by atoms with Gasteiger partial charge in [0.05, 0.1) is 5.69 Å². The maximum Gasteiger partial charge on any atom is 0.109 e. The van der Waals surface area contributed by atoms with Crippen LogP contribution in [0.3, 0.4) is 0 Å². The molecule has 18 heavy (non-hydrogen) atoms. The molecule has 1 N–H and O–H groups in total. The van der Waals surface area contributed by atoms with E-state index in [2.05, 4.69) is 60.4 Å². The van der Waals surface area contributed by atoms with Gasteiger partial charge in [-0.25, -0.2) is 4.98 Å². The van der Waals surface area contributed by atoms with Crippen LogP contribution in [0.2, 0.25) is 0 Å². The van der Waals surface area contributed by atoms with Gasteiger partial charge in [0.25, 0.3) is 0 Å². The Balaban J connectivity index is 3.41. The molecule has 0 spiro atoms. The minimum absolute atomic E-state index is 0.102. The highest BCUT2D eigenvalue weighted by Crippen LogP contribution is 2.37. The first-order valence-electron chi connectivity index (χ1n) is 7.26. The van der Waals surface area contributed by atoms with Gasteiger partial charge in [-0.15, -0.1) is 0 Å². The number of nitrogens with one attached hydrogen (secondary N) is 1. The second-order valence-corrected chi connectivity index (χ2v) is 7.02. The monoisotopic (exact) mass is 250 g/mol. The average molecular weight is 250 g/mol. The molecule has 104 valence electrons. The molecule has 1 heterocycles. The van der Waals surface area contributed by atoms with Gasteiger partial charge >= 0.3 is 0 Å². The van der Waals surface area contributed by atoms with E-state index in [0.717, 1.165) is 18.7 Å². The predicted octanol–water partition coefficient (Wildman–Crippen LogP) is 4.91. The molecule has 0 amide bonds. The van der Waals surface area contributed by atoms with Gasteiger partial charge < -0.3 is 4.98 Å². The third-order valence-corrected chi connectivity index (χ3v) is 4.14. The molecule has 0 aliphatic heterocycles. The van der Waals surface area contributed by atoms with E-state index in [4.69, 9.17) is 4.98 Å². The van der Waals surface area contributed by atoms with E-state index < -0.39 is 0 Å². The van der Waals surface area contributed by atoms with Crippen LogP contribution >= 0.6 is 0 Å². The van der Waals surface area contributed by atoms with Crippen molar-refractivity contribution in [3.63, 3.8) is 0 Å². The Morgan fingerprint density at radius 1 is 1.06 bits per heavy atom. The Bertz CT molecular complexity index is 390. The molecule has 0 aliphatic rings. The SMILES string of the molecule is CCC(C)(CC)c1[nH]c(C(C)C)nc1C(C)(C)C. The van der Waals surface area contributed by atoms with Crippen molar-refractivity contribution in [1.29, 1.82) is 0 Å². The molecule has 2 nitrogen and oxygen atoms in total. The van der Waals surface area contributed by atoms with Crippen molar-refractivity contribution in [3.8, 4) is 0 Å². The fourth-order valence-corrected chi connectivity index (χ4v) is 2.25. The molecule has 0 saturated heterocycles. The zero-order valence-corrected chi connectivity index (χ0v) is 13.4. The van der Waals surface area contributed by atoms with Crippen LogP contribution in [0.4, 0.5) is 0 Å². The van der Waals surface area contributed by atoms with Crippen molar-refractivity contribution in [2.75, 3.05) is 0 Å². The molecule has 0 unspecified atom stereocenters. The maximum absolute atomic E-state index is 4.89. The molecule has 0 atom stereocenters. The first-order valence-corrected chi connectivity index (χ1v) is 7.26. The molecule has 0 saturated carbocycles. The summed E-state index contributed by atoms with van der Waals surface area (Å²) in [6, 6.07) is 0. The Labute approximate surface area is 113 Å². The summed E-state index contributed by atoms with van der Waals surface area (Å²) < 4.78 is 0. The van der Waals surface area contributed by atoms with Crippen LogP contribution in [0, 0.1) is 0 Å². The third kappa shape index (κ3) is 2.78. The Morgan fingerprint density at radius 3 is 1.89 bits per heavy atom. The van der Waals surface area contributed by atoms with Gasteiger partial charge in [-0.3, -0.25) is 0 Å². The minimum Gasteiger partial charge on any atom is -0.345 e. The zero-order chi connectivity index (χ0) is 14.1. The lowest BCUT2D eigenvalue weighted by Gasteiger charge is -2.30. The van der Waals surface area contributed by atoms with Crippen LogP contribution in [-0.2, 0) is 10.8 Å². The van der Waals surface area contributed by atoms with Gasteiger partial charge in [-0.05, 0) is 12.8 Å². The summed E-state index contributed by atoms with van der Waals surface area (Å²) in [6.45, 7) is 18.0. The van der Waals surface area contributed by atoms with E-state index in [1.165, 1.54) is 11.4 Å². The maximum atomic E-state index is 4.89. The van der Waals surface area contributed by atoms with E-state index >= 15 is 0 Å². The molecule has 0 radical (unpaired) electrons. The summed E-state index contributed by atoms with van der Waals surface area (Å²) in [5.41, 5.74) is 2.91. The Hall–Kier alpha value is -0.790. The van der Waals surface area contributed by atoms with Crippen LogP contribution in [0.15, 0.2) is 0 Å². The lowest BCUT2D eigenvalue weighted by Crippen LogP contribution is -2.26. The van der Waals surface area contributed by atoms with Gasteiger partial charge in [0.15, 0.2) is 0 Å². The lowest BCUT2D eigenvalue weighted by atomic mass is 9.76. The summed E-state index contributed by atoms with van der Waals surface area (Å²) in [4.78, 5) is 8.51. The second-order valence-electron chi connectivity index (χ2n) is 7.02. The first kappa shape index (κ1) is 15.3. The van der Waals surface area contributed by atoms with Crippen LogP contribution in [0.5, 0.6) is 0 Å². The number of hydrogen-bond donors (Lipinski definition) is 1. The molecule has 0 aromatic carbocycles. The fraction of sp³-hybridized carbons (Fsp3) is 0.812. The van der Waals surface area contributed by atoms with E-state index in [-0.39, 0.29) is 10.8 Å². The molecule has 1 aromatic heterocycles. The number of imidazole rings is 1.